The highest BCUT2D eigenvalue weighted by molar-refractivity contribution is 7.09. The molecule has 186 valence electrons. The van der Waals surface area contributed by atoms with Crippen molar-refractivity contribution in [3.8, 4) is 11.5 Å². The van der Waals surface area contributed by atoms with Gasteiger partial charge in [-0.2, -0.15) is 0 Å². The molecule has 0 aliphatic carbocycles. The van der Waals surface area contributed by atoms with Gasteiger partial charge >= 0.3 is 0 Å². The lowest BCUT2D eigenvalue weighted by atomic mass is 9.79. The molecular weight excluding hydrogens is 463 g/mol. The number of benzene rings is 3. The van der Waals surface area contributed by atoms with Gasteiger partial charge in [-0.3, -0.25) is 0 Å². The highest BCUT2D eigenvalue weighted by atomic mass is 31.0. The molecule has 3 aromatic carbocycles. The number of hydrogen-bond acceptors (Lipinski definition) is 6. The number of aliphatic hydroxyl groups excluding tert-OH is 1. The molecule has 4 atom stereocenters. The lowest BCUT2D eigenvalue weighted by Crippen LogP contribution is -2.49. The zero-order valence-corrected chi connectivity index (χ0v) is 21.5. The summed E-state index contributed by atoms with van der Waals surface area (Å²) in [5.41, 5.74) is 1.05. The predicted molar refractivity (Wildman–Crippen MR) is 138 cm³/mol. The van der Waals surface area contributed by atoms with Crippen LogP contribution in [0.25, 0.3) is 0 Å². The molecule has 1 unspecified atom stereocenters. The summed E-state index contributed by atoms with van der Waals surface area (Å²) >= 11 is 0. The van der Waals surface area contributed by atoms with E-state index in [0.717, 1.165) is 28.2 Å². The third-order valence-electron chi connectivity index (χ3n) is 6.86. The fourth-order valence-corrected chi connectivity index (χ4v) is 5.25. The van der Waals surface area contributed by atoms with Gasteiger partial charge in [-0.1, -0.05) is 61.5 Å². The highest BCUT2D eigenvalue weighted by Gasteiger charge is 2.51. The molecule has 1 saturated heterocycles. The molecule has 0 radical (unpaired) electrons. The van der Waals surface area contributed by atoms with Crippen molar-refractivity contribution in [3.05, 3.63) is 95.6 Å². The SMILES string of the molecule is CC[C@]1(COC(c2ccccc2)(c2ccc(OC)cc2)c2ccc(OC)cc2)OC[C@H](O)[C@@H]1OP. The van der Waals surface area contributed by atoms with Crippen LogP contribution in [0.3, 0.4) is 0 Å². The van der Waals surface area contributed by atoms with Crippen molar-refractivity contribution >= 4 is 9.47 Å². The minimum absolute atomic E-state index is 0.194. The summed E-state index contributed by atoms with van der Waals surface area (Å²) < 4.78 is 29.5. The summed E-state index contributed by atoms with van der Waals surface area (Å²) in [6, 6.07) is 25.9. The van der Waals surface area contributed by atoms with Crippen molar-refractivity contribution in [1.82, 2.24) is 0 Å². The Bertz CT molecular complexity index is 1030. The molecule has 7 heteroatoms. The molecule has 1 aliphatic rings. The van der Waals surface area contributed by atoms with Crippen molar-refractivity contribution in [3.63, 3.8) is 0 Å². The smallest absolute Gasteiger partial charge is 0.143 e. The van der Waals surface area contributed by atoms with Gasteiger partial charge in [-0.15, -0.1) is 0 Å². The number of aliphatic hydroxyl groups is 1. The van der Waals surface area contributed by atoms with E-state index >= 15 is 0 Å². The Balaban J connectivity index is 1.88. The molecule has 0 saturated carbocycles. The highest BCUT2D eigenvalue weighted by Crippen LogP contribution is 2.44. The van der Waals surface area contributed by atoms with E-state index in [1.165, 1.54) is 0 Å². The van der Waals surface area contributed by atoms with Crippen LogP contribution in [0, 0.1) is 0 Å². The zero-order chi connectivity index (χ0) is 24.9. The average molecular weight is 497 g/mol. The Morgan fingerprint density at radius 1 is 0.886 bits per heavy atom. The standard InChI is InChI=1S/C28H33O6P/c1-4-27(26(34-35)25(29)18-32-27)19-33-28(20-8-6-5-7-9-20,21-10-14-23(30-2)15-11-21)22-12-16-24(31-3)17-13-22/h5-17,25-26,29H,4,18-19,35H2,1-3H3/t25-,26-,27+/m0/s1. The normalized spacial score (nSPS) is 22.2. The Kier molecular flexibility index (Phi) is 8.10. The maximum atomic E-state index is 10.5. The van der Waals surface area contributed by atoms with Gasteiger partial charge in [-0.25, -0.2) is 0 Å². The fraction of sp³-hybridized carbons (Fsp3) is 0.357. The maximum Gasteiger partial charge on any atom is 0.143 e. The minimum Gasteiger partial charge on any atom is -0.497 e. The molecule has 6 nitrogen and oxygen atoms in total. The second-order valence-electron chi connectivity index (χ2n) is 8.65. The molecule has 4 rings (SSSR count). The first-order valence-electron chi connectivity index (χ1n) is 11.7. The Labute approximate surface area is 209 Å². The van der Waals surface area contributed by atoms with E-state index in [-0.39, 0.29) is 13.2 Å². The zero-order valence-electron chi connectivity index (χ0n) is 20.3. The molecule has 1 N–H and O–H groups in total. The van der Waals surface area contributed by atoms with Gasteiger partial charge in [0.05, 0.1) is 27.4 Å². The topological polar surface area (TPSA) is 66.4 Å². The monoisotopic (exact) mass is 496 g/mol. The third kappa shape index (κ3) is 4.82. The van der Waals surface area contributed by atoms with Gasteiger partial charge in [0.15, 0.2) is 0 Å². The summed E-state index contributed by atoms with van der Waals surface area (Å²) in [6.45, 7) is 2.41. The van der Waals surface area contributed by atoms with Gasteiger partial charge in [0, 0.05) is 9.47 Å². The summed E-state index contributed by atoms with van der Waals surface area (Å²) in [4.78, 5) is 0. The molecule has 3 aromatic rings. The molecule has 1 fully saturated rings. The van der Waals surface area contributed by atoms with Crippen LogP contribution in [0.5, 0.6) is 11.5 Å². The molecule has 0 bridgehead atoms. The van der Waals surface area contributed by atoms with Crippen LogP contribution in [-0.2, 0) is 19.6 Å². The van der Waals surface area contributed by atoms with E-state index in [1.807, 2.05) is 73.7 Å². The number of rotatable bonds is 10. The van der Waals surface area contributed by atoms with Crippen molar-refractivity contribution in [2.75, 3.05) is 27.4 Å². The summed E-state index contributed by atoms with van der Waals surface area (Å²) in [6.07, 6.45) is -0.652. The van der Waals surface area contributed by atoms with Gasteiger partial charge in [0.1, 0.15) is 34.9 Å². The first-order valence-corrected chi connectivity index (χ1v) is 12.2. The summed E-state index contributed by atoms with van der Waals surface area (Å²) in [7, 11) is 5.56. The quantitative estimate of drug-likeness (QED) is 0.324. The fourth-order valence-electron chi connectivity index (χ4n) is 4.82. The van der Waals surface area contributed by atoms with Gasteiger partial charge in [-0.05, 0) is 47.4 Å². The number of methoxy groups -OCH3 is 2. The van der Waals surface area contributed by atoms with Crippen LogP contribution in [0.2, 0.25) is 0 Å². The van der Waals surface area contributed by atoms with Crippen LogP contribution in [0.1, 0.15) is 30.0 Å². The van der Waals surface area contributed by atoms with E-state index in [9.17, 15) is 5.11 Å². The van der Waals surface area contributed by atoms with Gasteiger partial charge in [0.2, 0.25) is 0 Å². The van der Waals surface area contributed by atoms with Gasteiger partial charge in [0.25, 0.3) is 0 Å². The minimum atomic E-state index is -0.968. The lowest BCUT2D eigenvalue weighted by molar-refractivity contribution is -0.131. The van der Waals surface area contributed by atoms with Crippen molar-refractivity contribution in [1.29, 1.82) is 0 Å². The van der Waals surface area contributed by atoms with Crippen LogP contribution in [-0.4, -0.2) is 50.3 Å². The van der Waals surface area contributed by atoms with E-state index < -0.39 is 23.4 Å². The van der Waals surface area contributed by atoms with E-state index in [2.05, 4.69) is 21.6 Å². The molecular formula is C28H33O6P. The number of ether oxygens (including phenoxy) is 4. The molecule has 0 spiro atoms. The second kappa shape index (κ2) is 11.1. The van der Waals surface area contributed by atoms with Crippen molar-refractivity contribution < 1.29 is 28.6 Å². The molecule has 0 amide bonds. The maximum absolute atomic E-state index is 10.5. The van der Waals surface area contributed by atoms with Crippen LogP contribution in [0.15, 0.2) is 78.9 Å². The van der Waals surface area contributed by atoms with E-state index in [1.54, 1.807) is 14.2 Å². The van der Waals surface area contributed by atoms with Crippen molar-refractivity contribution in [2.24, 2.45) is 0 Å². The first kappa shape index (κ1) is 25.6. The summed E-state index contributed by atoms with van der Waals surface area (Å²) in [5.74, 6) is 1.52. The largest absolute Gasteiger partial charge is 0.497 e. The second-order valence-corrected chi connectivity index (χ2v) is 8.92. The predicted octanol–water partition coefficient (Wildman–Crippen LogP) is 4.73. The van der Waals surface area contributed by atoms with E-state index in [4.69, 9.17) is 23.5 Å². The van der Waals surface area contributed by atoms with Crippen LogP contribution >= 0.6 is 9.47 Å². The molecule has 0 aromatic heterocycles. The third-order valence-corrected chi connectivity index (χ3v) is 7.15. The van der Waals surface area contributed by atoms with E-state index in [0.29, 0.717) is 6.42 Å². The molecule has 35 heavy (non-hydrogen) atoms. The van der Waals surface area contributed by atoms with Crippen LogP contribution < -0.4 is 9.47 Å². The molecule has 1 heterocycles. The average Bonchev–Trinajstić information content (AvgIpc) is 3.25. The molecule has 1 aliphatic heterocycles. The Morgan fingerprint density at radius 3 is 1.86 bits per heavy atom. The lowest BCUT2D eigenvalue weighted by Gasteiger charge is -2.40. The Morgan fingerprint density at radius 2 is 1.40 bits per heavy atom. The van der Waals surface area contributed by atoms with Crippen LogP contribution in [0.4, 0.5) is 0 Å². The van der Waals surface area contributed by atoms with Crippen molar-refractivity contribution in [2.45, 2.75) is 36.8 Å². The number of hydrogen-bond donors (Lipinski definition) is 1. The first-order chi connectivity index (χ1) is 17.0. The summed E-state index contributed by atoms with van der Waals surface area (Å²) in [5, 5.41) is 10.5. The Hall–Kier alpha value is -2.47. The van der Waals surface area contributed by atoms with Gasteiger partial charge < -0.3 is 28.6 Å².